The average Bonchev–Trinajstić information content (AvgIpc) is 2.97. The second-order valence-electron chi connectivity index (χ2n) is 23.2. The van der Waals surface area contributed by atoms with Crippen LogP contribution in [0, 0.1) is 0 Å². The Morgan fingerprint density at radius 2 is 0.805 bits per heavy atom. The summed E-state index contributed by atoms with van der Waals surface area (Å²) in [5.41, 5.74) is 0. The summed E-state index contributed by atoms with van der Waals surface area (Å²) in [4.78, 5) is 13.3. The Morgan fingerprint density at radius 3 is 1.29 bits per heavy atom. The normalized spacial score (nSPS) is 29.2. The van der Waals surface area contributed by atoms with E-state index in [2.05, 4.69) is 92.1 Å². The lowest BCUT2D eigenvalue weighted by atomic mass is 9.96. The number of unbranched alkanes of at least 4 members (excludes halogenated alkanes) is 18. The summed E-state index contributed by atoms with van der Waals surface area (Å²) in [5, 5.41) is 120. The first kappa shape index (κ1) is 78.0. The van der Waals surface area contributed by atoms with E-state index in [1.54, 1.807) is 6.08 Å². The molecule has 3 rings (SSSR count). The van der Waals surface area contributed by atoms with Crippen molar-refractivity contribution >= 4 is 5.91 Å². The number of hydrogen-bond acceptors (Lipinski definition) is 18. The van der Waals surface area contributed by atoms with Gasteiger partial charge in [-0.1, -0.05) is 201 Å². The molecule has 0 aromatic heterocycles. The number of allylic oxidation sites excluding steroid dienone is 15. The minimum Gasteiger partial charge on any atom is -0.394 e. The maximum atomic E-state index is 13.3. The van der Waals surface area contributed by atoms with Crippen LogP contribution in [0.2, 0.25) is 0 Å². The van der Waals surface area contributed by atoms with Crippen LogP contribution >= 0.6 is 0 Å². The van der Waals surface area contributed by atoms with Crippen molar-refractivity contribution in [2.24, 2.45) is 0 Å². The molecule has 17 atom stereocenters. The van der Waals surface area contributed by atoms with Crippen molar-refractivity contribution in [3.8, 4) is 0 Å². The van der Waals surface area contributed by atoms with Crippen LogP contribution in [-0.2, 0) is 33.2 Å². The third-order valence-electron chi connectivity index (χ3n) is 15.8. The minimum atomic E-state index is -1.99. The fourth-order valence-electron chi connectivity index (χ4n) is 10.5. The maximum Gasteiger partial charge on any atom is 0.220 e. The van der Waals surface area contributed by atoms with Gasteiger partial charge in [0.1, 0.15) is 73.2 Å². The Balaban J connectivity index is 1.50. The standard InChI is InChI=1S/C68H115NO18/c1-3-5-7-9-11-13-15-17-19-21-22-23-24-25-26-27-28-30-31-33-35-37-39-41-43-45-52(73)51(69-56(74)46-44-42-40-38-36-34-32-29-20-18-16-14-12-10-8-6-4-2)50-82-66-62(80)59(77)64(54(48-71)84-66)87-68-63(81)60(78)65(55(49-72)85-68)86-67-61(79)58(76)57(75)53(47-70)83-67/h6,8,12,14,18,20,28,30,32,34-35,37-38,40,43,45,51-55,57-68,70-73,75-81H,3-5,7,9-11,13,15-17,19,21-27,29,31,33,36,39,41-42,44,46-50H2,1-2H3,(H,69,74)/b8-6-,14-12-,20-18-,30-28+,34-32-,37-35+,40-38-,45-43+. The molecule has 12 N–H and O–H groups in total. The van der Waals surface area contributed by atoms with Crippen LogP contribution in [0.5, 0.6) is 0 Å². The zero-order valence-corrected chi connectivity index (χ0v) is 52.5. The van der Waals surface area contributed by atoms with Gasteiger partial charge in [-0.2, -0.15) is 0 Å². The molecule has 17 unspecified atom stereocenters. The van der Waals surface area contributed by atoms with E-state index in [9.17, 15) is 61.0 Å². The first-order valence-corrected chi connectivity index (χ1v) is 33.0. The number of aliphatic hydroxyl groups excluding tert-OH is 11. The Labute approximate surface area is 520 Å². The van der Waals surface area contributed by atoms with Gasteiger partial charge < -0.3 is 89.9 Å². The van der Waals surface area contributed by atoms with Crippen molar-refractivity contribution in [3.05, 3.63) is 97.2 Å². The number of rotatable bonds is 48. The van der Waals surface area contributed by atoms with Gasteiger partial charge >= 0.3 is 0 Å². The van der Waals surface area contributed by atoms with Gasteiger partial charge in [0, 0.05) is 6.42 Å². The van der Waals surface area contributed by atoms with E-state index in [4.69, 9.17) is 28.4 Å². The zero-order chi connectivity index (χ0) is 63.3. The summed E-state index contributed by atoms with van der Waals surface area (Å²) in [6.45, 7) is 1.53. The Bertz CT molecular complexity index is 1960. The highest BCUT2D eigenvalue weighted by Crippen LogP contribution is 2.33. The van der Waals surface area contributed by atoms with Crippen molar-refractivity contribution in [1.29, 1.82) is 0 Å². The lowest BCUT2D eigenvalue weighted by Crippen LogP contribution is -2.66. The molecule has 0 saturated carbocycles. The third kappa shape index (κ3) is 32.0. The van der Waals surface area contributed by atoms with E-state index >= 15 is 0 Å². The minimum absolute atomic E-state index is 0.148. The molecule has 3 aliphatic heterocycles. The second-order valence-corrected chi connectivity index (χ2v) is 23.2. The number of carbonyl (C=O) groups is 1. The van der Waals surface area contributed by atoms with E-state index in [0.717, 1.165) is 57.8 Å². The van der Waals surface area contributed by atoms with Gasteiger partial charge in [-0.25, -0.2) is 0 Å². The van der Waals surface area contributed by atoms with E-state index in [0.29, 0.717) is 19.3 Å². The van der Waals surface area contributed by atoms with Crippen molar-refractivity contribution in [3.63, 3.8) is 0 Å². The van der Waals surface area contributed by atoms with Gasteiger partial charge in [-0.15, -0.1) is 0 Å². The second kappa shape index (κ2) is 49.4. The monoisotopic (exact) mass is 1230 g/mol. The summed E-state index contributed by atoms with van der Waals surface area (Å²) in [7, 11) is 0. The number of aliphatic hydroxyl groups is 11. The van der Waals surface area contributed by atoms with Gasteiger partial charge in [0.15, 0.2) is 18.9 Å². The van der Waals surface area contributed by atoms with Crippen molar-refractivity contribution in [2.75, 3.05) is 26.4 Å². The summed E-state index contributed by atoms with van der Waals surface area (Å²) >= 11 is 0. The number of hydrogen-bond donors (Lipinski definition) is 12. The maximum absolute atomic E-state index is 13.3. The molecule has 87 heavy (non-hydrogen) atoms. The molecule has 0 radical (unpaired) electrons. The SMILES string of the molecule is CC/C=C\C/C=C\C/C=C\C/C=C\C/C=C\CCCC(=O)NC(COC1OC(CO)C(OC2OC(CO)C(OC3OC(CO)C(O)C(O)C3O)C(O)C2O)C(O)C1O)C(O)/C=C/CC/C=C/CC/C=C/CCCCCCCCCCCCCCCCC. The number of carbonyl (C=O) groups excluding carboxylic acids is 1. The lowest BCUT2D eigenvalue weighted by Gasteiger charge is -2.48. The van der Waals surface area contributed by atoms with Gasteiger partial charge in [-0.3, -0.25) is 4.79 Å². The van der Waals surface area contributed by atoms with Crippen LogP contribution in [0.1, 0.15) is 194 Å². The van der Waals surface area contributed by atoms with Gasteiger partial charge in [0.2, 0.25) is 5.91 Å². The summed E-state index contributed by atoms with van der Waals surface area (Å²) in [5.74, 6) is -0.350. The number of ether oxygens (including phenoxy) is 6. The average molecular weight is 1230 g/mol. The smallest absolute Gasteiger partial charge is 0.220 e. The van der Waals surface area contributed by atoms with Crippen LogP contribution < -0.4 is 5.32 Å². The highest BCUT2D eigenvalue weighted by atomic mass is 16.8. The molecule has 19 heteroatoms. The number of nitrogens with one attached hydrogen (secondary N) is 1. The molecule has 1 amide bonds. The van der Waals surface area contributed by atoms with Crippen LogP contribution in [0.3, 0.4) is 0 Å². The molecular weight excluding hydrogens is 1120 g/mol. The highest BCUT2D eigenvalue weighted by molar-refractivity contribution is 5.76. The summed E-state index contributed by atoms with van der Waals surface area (Å²) in [6, 6.07) is -1.03. The van der Waals surface area contributed by atoms with E-state index < -0.39 is 131 Å². The molecule has 0 aromatic carbocycles. The molecule has 0 aliphatic carbocycles. The van der Waals surface area contributed by atoms with Crippen LogP contribution in [-0.4, -0.2) is 193 Å². The first-order valence-electron chi connectivity index (χ1n) is 33.0. The van der Waals surface area contributed by atoms with Crippen molar-refractivity contribution in [1.82, 2.24) is 5.32 Å². The van der Waals surface area contributed by atoms with Gasteiger partial charge in [0.25, 0.3) is 0 Å². The largest absolute Gasteiger partial charge is 0.394 e. The first-order chi connectivity index (χ1) is 42.3. The predicted octanol–water partition coefficient (Wildman–Crippen LogP) is 7.71. The van der Waals surface area contributed by atoms with E-state index in [-0.39, 0.29) is 12.3 Å². The van der Waals surface area contributed by atoms with Crippen LogP contribution in [0.4, 0.5) is 0 Å². The lowest BCUT2D eigenvalue weighted by molar-refractivity contribution is -0.379. The van der Waals surface area contributed by atoms with Gasteiger partial charge in [0.05, 0.1) is 38.6 Å². The van der Waals surface area contributed by atoms with Crippen LogP contribution in [0.25, 0.3) is 0 Å². The molecule has 3 saturated heterocycles. The molecule has 3 aliphatic rings. The quantitative estimate of drug-likeness (QED) is 0.0205. The molecule has 500 valence electrons. The Kier molecular flexibility index (Phi) is 44.3. The third-order valence-corrected chi connectivity index (χ3v) is 15.8. The van der Waals surface area contributed by atoms with Crippen molar-refractivity contribution in [2.45, 2.75) is 298 Å². The fourth-order valence-corrected chi connectivity index (χ4v) is 10.5. The van der Waals surface area contributed by atoms with E-state index in [1.807, 2.05) is 18.2 Å². The highest BCUT2D eigenvalue weighted by Gasteiger charge is 2.53. The van der Waals surface area contributed by atoms with Gasteiger partial charge in [-0.05, 0) is 83.5 Å². The molecule has 3 fully saturated rings. The molecule has 0 aromatic rings. The predicted molar refractivity (Wildman–Crippen MR) is 337 cm³/mol. The molecule has 0 bridgehead atoms. The molecule has 0 spiro atoms. The number of amides is 1. The van der Waals surface area contributed by atoms with Crippen LogP contribution in [0.15, 0.2) is 97.2 Å². The molecule has 19 nitrogen and oxygen atoms in total. The topological polar surface area (TPSA) is 307 Å². The van der Waals surface area contributed by atoms with Crippen molar-refractivity contribution < 1.29 is 89.4 Å². The fraction of sp³-hybridized carbons (Fsp3) is 0.750. The molecule has 3 heterocycles. The Morgan fingerprint density at radius 1 is 0.425 bits per heavy atom. The zero-order valence-electron chi connectivity index (χ0n) is 52.5. The van der Waals surface area contributed by atoms with E-state index in [1.165, 1.54) is 96.3 Å². The molecular formula is C68H115NO18. The summed E-state index contributed by atoms with van der Waals surface area (Å²) in [6.07, 6.45) is 36.9. The Hall–Kier alpha value is -3.29. The summed E-state index contributed by atoms with van der Waals surface area (Å²) < 4.78 is 34.2.